The van der Waals surface area contributed by atoms with Crippen LogP contribution in [0.15, 0.2) is 0 Å². The van der Waals surface area contributed by atoms with Gasteiger partial charge in [-0.25, -0.2) is 12.7 Å². The summed E-state index contributed by atoms with van der Waals surface area (Å²) in [5.41, 5.74) is 0. The molecule has 1 aliphatic rings. The summed E-state index contributed by atoms with van der Waals surface area (Å²) in [5.74, 6) is 0.421. The highest BCUT2D eigenvalue weighted by atomic mass is 32.2. The van der Waals surface area contributed by atoms with E-state index >= 15 is 0 Å². The molecule has 1 aliphatic heterocycles. The SMILES string of the molecule is CCNC(CC1CCCN(S(C)(=O)=O)C1)C(C)OC. The van der Waals surface area contributed by atoms with Crippen molar-refractivity contribution in [1.82, 2.24) is 9.62 Å². The molecule has 0 aromatic rings. The Labute approximate surface area is 117 Å². The van der Waals surface area contributed by atoms with Gasteiger partial charge < -0.3 is 10.1 Å². The summed E-state index contributed by atoms with van der Waals surface area (Å²) in [6.45, 7) is 6.36. The Balaban J connectivity index is 2.59. The van der Waals surface area contributed by atoms with Gasteiger partial charge in [-0.15, -0.1) is 0 Å². The molecule has 0 saturated carbocycles. The monoisotopic (exact) mass is 292 g/mol. The van der Waals surface area contributed by atoms with E-state index in [1.165, 1.54) is 6.26 Å². The molecule has 5 nitrogen and oxygen atoms in total. The minimum absolute atomic E-state index is 0.147. The summed E-state index contributed by atoms with van der Waals surface area (Å²) < 4.78 is 30.3. The zero-order valence-corrected chi connectivity index (χ0v) is 13.4. The summed E-state index contributed by atoms with van der Waals surface area (Å²) in [7, 11) is -1.33. The van der Waals surface area contributed by atoms with Crippen molar-refractivity contribution in [3.63, 3.8) is 0 Å². The lowest BCUT2D eigenvalue weighted by Crippen LogP contribution is -2.45. The highest BCUT2D eigenvalue weighted by Gasteiger charge is 2.28. The standard InChI is InChI=1S/C13H28N2O3S/c1-5-14-13(11(2)18-3)9-12-7-6-8-15(10-12)19(4,16)17/h11-14H,5-10H2,1-4H3. The maximum atomic E-state index is 11.6. The number of likely N-dealkylation sites (N-methyl/N-ethyl adjacent to an activating group) is 1. The number of rotatable bonds is 7. The zero-order chi connectivity index (χ0) is 14.5. The average Bonchev–Trinajstić information content (AvgIpc) is 2.36. The van der Waals surface area contributed by atoms with E-state index in [1.54, 1.807) is 11.4 Å². The maximum absolute atomic E-state index is 11.6. The minimum atomic E-state index is -3.05. The Morgan fingerprint density at radius 2 is 2.16 bits per heavy atom. The van der Waals surface area contributed by atoms with Crippen LogP contribution in [-0.4, -0.2) is 57.9 Å². The molecule has 3 atom stereocenters. The lowest BCUT2D eigenvalue weighted by molar-refractivity contribution is 0.0699. The van der Waals surface area contributed by atoms with Crippen molar-refractivity contribution in [1.29, 1.82) is 0 Å². The first-order chi connectivity index (χ1) is 8.88. The fourth-order valence-corrected chi connectivity index (χ4v) is 3.69. The second-order valence-corrected chi connectivity index (χ2v) is 7.45. The van der Waals surface area contributed by atoms with Crippen molar-refractivity contribution in [2.75, 3.05) is 33.0 Å². The van der Waals surface area contributed by atoms with Crippen LogP contribution in [0.3, 0.4) is 0 Å². The number of hydrogen-bond donors (Lipinski definition) is 1. The van der Waals surface area contributed by atoms with E-state index in [1.807, 2.05) is 0 Å². The zero-order valence-electron chi connectivity index (χ0n) is 12.6. The first-order valence-corrected chi connectivity index (χ1v) is 8.94. The van der Waals surface area contributed by atoms with Gasteiger partial charge in [0.05, 0.1) is 12.4 Å². The summed E-state index contributed by atoms with van der Waals surface area (Å²) in [6.07, 6.45) is 4.47. The molecule has 1 N–H and O–H groups in total. The highest BCUT2D eigenvalue weighted by Crippen LogP contribution is 2.24. The average molecular weight is 292 g/mol. The van der Waals surface area contributed by atoms with Gasteiger partial charge in [-0.1, -0.05) is 6.92 Å². The molecule has 19 heavy (non-hydrogen) atoms. The van der Waals surface area contributed by atoms with Crippen LogP contribution in [-0.2, 0) is 14.8 Å². The molecule has 1 heterocycles. The molecule has 0 amide bonds. The normalized spacial score (nSPS) is 25.2. The molecule has 1 rings (SSSR count). The van der Waals surface area contributed by atoms with Gasteiger partial charge in [-0.2, -0.15) is 0 Å². The molecule has 0 radical (unpaired) electrons. The topological polar surface area (TPSA) is 58.6 Å². The number of nitrogens with zero attached hydrogens (tertiary/aromatic N) is 1. The number of nitrogens with one attached hydrogen (secondary N) is 1. The lowest BCUT2D eigenvalue weighted by Gasteiger charge is -2.34. The van der Waals surface area contributed by atoms with Crippen LogP contribution >= 0.6 is 0 Å². The minimum Gasteiger partial charge on any atom is -0.380 e. The van der Waals surface area contributed by atoms with Gasteiger partial charge in [-0.3, -0.25) is 0 Å². The van der Waals surface area contributed by atoms with Crippen molar-refractivity contribution in [2.24, 2.45) is 5.92 Å². The van der Waals surface area contributed by atoms with Crippen LogP contribution in [0, 0.1) is 5.92 Å². The number of hydrogen-bond acceptors (Lipinski definition) is 4. The predicted molar refractivity (Wildman–Crippen MR) is 77.7 cm³/mol. The summed E-state index contributed by atoms with van der Waals surface area (Å²) >= 11 is 0. The van der Waals surface area contributed by atoms with Gasteiger partial charge in [0.25, 0.3) is 0 Å². The van der Waals surface area contributed by atoms with Crippen molar-refractivity contribution in [3.8, 4) is 0 Å². The maximum Gasteiger partial charge on any atom is 0.211 e. The molecular weight excluding hydrogens is 264 g/mol. The highest BCUT2D eigenvalue weighted by molar-refractivity contribution is 7.88. The first kappa shape index (κ1) is 16.9. The molecule has 114 valence electrons. The smallest absolute Gasteiger partial charge is 0.211 e. The van der Waals surface area contributed by atoms with Crippen LogP contribution in [0.4, 0.5) is 0 Å². The summed E-state index contributed by atoms with van der Waals surface area (Å²) in [5, 5.41) is 3.44. The predicted octanol–water partition coefficient (Wildman–Crippen LogP) is 1.06. The van der Waals surface area contributed by atoms with Crippen molar-refractivity contribution >= 4 is 10.0 Å². The van der Waals surface area contributed by atoms with Gasteiger partial charge >= 0.3 is 0 Å². The van der Waals surface area contributed by atoms with Crippen LogP contribution in [0.2, 0.25) is 0 Å². The fourth-order valence-electron chi connectivity index (χ4n) is 2.75. The fraction of sp³-hybridized carbons (Fsp3) is 1.00. The van der Waals surface area contributed by atoms with Crippen LogP contribution < -0.4 is 5.32 Å². The van der Waals surface area contributed by atoms with Gasteiger partial charge in [0.2, 0.25) is 10.0 Å². The van der Waals surface area contributed by atoms with Crippen LogP contribution in [0.5, 0.6) is 0 Å². The Morgan fingerprint density at radius 3 is 2.68 bits per heavy atom. The van der Waals surface area contributed by atoms with E-state index in [0.717, 1.165) is 25.8 Å². The van der Waals surface area contributed by atoms with E-state index in [4.69, 9.17) is 4.74 Å². The number of methoxy groups -OCH3 is 1. The third-order valence-corrected chi connectivity index (χ3v) is 5.21. The molecule has 0 spiro atoms. The Kier molecular flexibility index (Phi) is 6.73. The van der Waals surface area contributed by atoms with E-state index in [9.17, 15) is 8.42 Å². The van der Waals surface area contributed by atoms with E-state index in [-0.39, 0.29) is 6.10 Å². The molecule has 0 aromatic carbocycles. The summed E-state index contributed by atoms with van der Waals surface area (Å²) in [6, 6.07) is 0.291. The van der Waals surface area contributed by atoms with Crippen LogP contribution in [0.25, 0.3) is 0 Å². The third-order valence-electron chi connectivity index (χ3n) is 3.94. The number of sulfonamides is 1. The Hall–Kier alpha value is -0.170. The largest absolute Gasteiger partial charge is 0.380 e. The second kappa shape index (κ2) is 7.57. The molecule has 0 bridgehead atoms. The second-order valence-electron chi connectivity index (χ2n) is 5.47. The van der Waals surface area contributed by atoms with Gasteiger partial charge in [0.1, 0.15) is 0 Å². The van der Waals surface area contributed by atoms with E-state index < -0.39 is 10.0 Å². The van der Waals surface area contributed by atoms with Crippen molar-refractivity contribution < 1.29 is 13.2 Å². The van der Waals surface area contributed by atoms with Crippen LogP contribution in [0.1, 0.15) is 33.1 Å². The molecule has 1 fully saturated rings. The Morgan fingerprint density at radius 1 is 1.47 bits per heavy atom. The lowest BCUT2D eigenvalue weighted by atomic mass is 9.90. The molecule has 1 saturated heterocycles. The Bertz CT molecular complexity index is 359. The van der Waals surface area contributed by atoms with Crippen molar-refractivity contribution in [3.05, 3.63) is 0 Å². The van der Waals surface area contributed by atoms with Gasteiger partial charge in [0.15, 0.2) is 0 Å². The molecule has 0 aromatic heterocycles. The molecule has 6 heteroatoms. The van der Waals surface area contributed by atoms with Crippen molar-refractivity contribution in [2.45, 2.75) is 45.3 Å². The first-order valence-electron chi connectivity index (χ1n) is 7.09. The quantitative estimate of drug-likeness (QED) is 0.762. The van der Waals surface area contributed by atoms with E-state index in [0.29, 0.717) is 25.0 Å². The van der Waals surface area contributed by atoms with E-state index in [2.05, 4.69) is 19.2 Å². The molecule has 0 aliphatic carbocycles. The number of ether oxygens (including phenoxy) is 1. The number of piperidine rings is 1. The molecule has 3 unspecified atom stereocenters. The summed E-state index contributed by atoms with van der Waals surface area (Å²) in [4.78, 5) is 0. The molecular formula is C13H28N2O3S. The van der Waals surface area contributed by atoms with Gasteiger partial charge in [0, 0.05) is 26.2 Å². The van der Waals surface area contributed by atoms with Gasteiger partial charge in [-0.05, 0) is 38.6 Å². The third kappa shape index (κ3) is 5.38.